The van der Waals surface area contributed by atoms with Crippen molar-refractivity contribution in [3.63, 3.8) is 0 Å². The molecule has 3 aromatic heterocycles. The number of nitrogens with zero attached hydrogens (tertiary/aromatic N) is 7. The van der Waals surface area contributed by atoms with Crippen LogP contribution in [0.25, 0.3) is 11.2 Å². The molecule has 30 heavy (non-hydrogen) atoms. The molecule has 4 heterocycles. The van der Waals surface area contributed by atoms with Crippen molar-refractivity contribution < 1.29 is 4.58 Å². The van der Waals surface area contributed by atoms with E-state index < -0.39 is 5.69 Å². The van der Waals surface area contributed by atoms with Crippen LogP contribution in [0.4, 0.5) is 11.9 Å². The molecule has 1 aliphatic heterocycles. The van der Waals surface area contributed by atoms with Gasteiger partial charge in [-0.25, -0.2) is 20.1 Å². The number of nitrogens with one attached hydrogen (secondary N) is 2. The van der Waals surface area contributed by atoms with Crippen LogP contribution in [0.1, 0.15) is 11.4 Å². The number of piperazine rings is 1. The third-order valence-corrected chi connectivity index (χ3v) is 5.22. The Bertz CT molecular complexity index is 1250. The minimum atomic E-state index is -0.405. The second-order valence-electron chi connectivity index (χ2n) is 7.42. The van der Waals surface area contributed by atoms with E-state index in [0.717, 1.165) is 16.0 Å². The minimum absolute atomic E-state index is 0.316. The first-order valence-corrected chi connectivity index (χ1v) is 9.62. The number of fused-ring (bicyclic) bond motifs is 1. The second kappa shape index (κ2) is 7.28. The zero-order chi connectivity index (χ0) is 21.6. The van der Waals surface area contributed by atoms with Crippen molar-refractivity contribution in [1.29, 1.82) is 0 Å². The van der Waals surface area contributed by atoms with E-state index in [1.54, 1.807) is 7.05 Å². The van der Waals surface area contributed by atoms with Gasteiger partial charge in [-0.3, -0.25) is 24.2 Å². The normalized spacial score (nSPS) is 14.4. The molecule has 0 bridgehead atoms. The molecule has 0 radical (unpaired) electrons. The Morgan fingerprint density at radius 2 is 1.73 bits per heavy atom. The zero-order valence-corrected chi connectivity index (χ0v) is 17.4. The highest BCUT2D eigenvalue weighted by Gasteiger charge is 2.23. The molecule has 12 heteroatoms. The molecule has 0 saturated carbocycles. The van der Waals surface area contributed by atoms with Crippen LogP contribution in [0.15, 0.2) is 15.7 Å². The van der Waals surface area contributed by atoms with E-state index in [2.05, 4.69) is 25.3 Å². The first-order valence-electron chi connectivity index (χ1n) is 9.62. The fraction of sp³-hybridized carbons (Fsp3) is 0.444. The van der Waals surface area contributed by atoms with Gasteiger partial charge in [0.1, 0.15) is 0 Å². The SMILES string of the molecule is Cc1cc(C)nc(NC(N)=[N+]2CCN(c3nc4c([nH]3)c(=O)n(C)c(=O)n4C)CC2)n1. The molecule has 0 aromatic carbocycles. The predicted molar refractivity (Wildman–Crippen MR) is 113 cm³/mol. The Hall–Kier alpha value is -3.70. The van der Waals surface area contributed by atoms with Gasteiger partial charge in [-0.15, -0.1) is 0 Å². The van der Waals surface area contributed by atoms with Gasteiger partial charge in [-0.05, 0) is 19.9 Å². The van der Waals surface area contributed by atoms with Crippen molar-refractivity contribution >= 4 is 29.0 Å². The van der Waals surface area contributed by atoms with E-state index in [-0.39, 0.29) is 5.56 Å². The molecule has 0 spiro atoms. The lowest BCUT2D eigenvalue weighted by atomic mass is 10.3. The number of rotatable bonds is 2. The number of aromatic nitrogens is 6. The Balaban J connectivity index is 1.54. The molecular weight excluding hydrogens is 388 g/mol. The summed E-state index contributed by atoms with van der Waals surface area (Å²) in [6, 6.07) is 1.90. The Labute approximate surface area is 171 Å². The molecule has 1 aliphatic rings. The lowest BCUT2D eigenvalue weighted by molar-refractivity contribution is -0.530. The van der Waals surface area contributed by atoms with Crippen molar-refractivity contribution in [3.8, 4) is 0 Å². The third-order valence-electron chi connectivity index (χ3n) is 5.22. The van der Waals surface area contributed by atoms with Gasteiger partial charge in [-0.1, -0.05) is 0 Å². The number of hydrogen-bond donors (Lipinski definition) is 3. The van der Waals surface area contributed by atoms with Crippen LogP contribution in [-0.2, 0) is 14.1 Å². The van der Waals surface area contributed by atoms with Crippen LogP contribution in [0.5, 0.6) is 0 Å². The quantitative estimate of drug-likeness (QED) is 0.345. The van der Waals surface area contributed by atoms with Crippen LogP contribution in [0, 0.1) is 13.8 Å². The van der Waals surface area contributed by atoms with Crippen LogP contribution < -0.4 is 27.2 Å². The maximum Gasteiger partial charge on any atom is 0.351 e. The third kappa shape index (κ3) is 3.40. The summed E-state index contributed by atoms with van der Waals surface area (Å²) in [7, 11) is 3.05. The largest absolute Gasteiger partial charge is 0.351 e. The van der Waals surface area contributed by atoms with Crippen LogP contribution in [0.2, 0.25) is 0 Å². The van der Waals surface area contributed by atoms with Gasteiger partial charge < -0.3 is 9.88 Å². The van der Waals surface area contributed by atoms with Gasteiger partial charge >= 0.3 is 11.6 Å². The smallest absolute Gasteiger partial charge is 0.336 e. The summed E-state index contributed by atoms with van der Waals surface area (Å²) in [5, 5.41) is 3.07. The molecule has 1 fully saturated rings. The fourth-order valence-electron chi connectivity index (χ4n) is 3.60. The average Bonchev–Trinajstić information content (AvgIpc) is 3.16. The first kappa shape index (κ1) is 19.6. The van der Waals surface area contributed by atoms with Gasteiger partial charge in [0.05, 0.1) is 26.2 Å². The average molecular weight is 413 g/mol. The van der Waals surface area contributed by atoms with Gasteiger partial charge in [0.15, 0.2) is 11.2 Å². The lowest BCUT2D eigenvalue weighted by Crippen LogP contribution is -2.48. The second-order valence-corrected chi connectivity index (χ2v) is 7.42. The van der Waals surface area contributed by atoms with Crippen LogP contribution in [-0.4, -0.2) is 65.8 Å². The van der Waals surface area contributed by atoms with Crippen molar-refractivity contribution in [2.75, 3.05) is 36.4 Å². The number of imidazole rings is 1. The molecule has 1 saturated heterocycles. The van der Waals surface area contributed by atoms with Gasteiger partial charge in [-0.2, -0.15) is 4.98 Å². The highest BCUT2D eigenvalue weighted by atomic mass is 16.2. The summed E-state index contributed by atoms with van der Waals surface area (Å²) >= 11 is 0. The molecule has 0 amide bonds. The predicted octanol–water partition coefficient (Wildman–Crippen LogP) is -1.37. The van der Waals surface area contributed by atoms with Crippen molar-refractivity contribution in [2.45, 2.75) is 13.8 Å². The fourth-order valence-corrected chi connectivity index (χ4v) is 3.60. The van der Waals surface area contributed by atoms with Crippen LogP contribution in [0.3, 0.4) is 0 Å². The van der Waals surface area contributed by atoms with Crippen LogP contribution >= 0.6 is 0 Å². The molecule has 4 rings (SSSR count). The standard InChI is InChI=1S/C18H24N10O2/c1-10-9-11(2)21-16(20-10)24-15(19)27-5-7-28(8-6-27)17-22-12-13(23-17)25(3)18(30)26(4)14(12)29/h9H,5-8H2,1-4H3,(H3,19,20,21,22,23,24,29)/p+1. The highest BCUT2D eigenvalue weighted by Crippen LogP contribution is 2.14. The Kier molecular flexibility index (Phi) is 4.76. The Morgan fingerprint density at radius 3 is 2.37 bits per heavy atom. The minimum Gasteiger partial charge on any atom is -0.336 e. The maximum absolute atomic E-state index is 12.4. The number of hydrogen-bond acceptors (Lipinski definition) is 6. The summed E-state index contributed by atoms with van der Waals surface area (Å²) in [4.78, 5) is 42.8. The number of anilines is 2. The molecule has 4 N–H and O–H groups in total. The van der Waals surface area contributed by atoms with E-state index >= 15 is 0 Å². The molecule has 0 atom stereocenters. The molecule has 3 aromatic rings. The van der Waals surface area contributed by atoms with E-state index in [0.29, 0.717) is 55.2 Å². The summed E-state index contributed by atoms with van der Waals surface area (Å²) < 4.78 is 4.44. The highest BCUT2D eigenvalue weighted by molar-refractivity contribution is 5.86. The van der Waals surface area contributed by atoms with Gasteiger partial charge in [0, 0.05) is 25.5 Å². The van der Waals surface area contributed by atoms with Gasteiger partial charge in [0.2, 0.25) is 5.95 Å². The van der Waals surface area contributed by atoms with E-state index in [1.807, 2.05) is 29.4 Å². The zero-order valence-electron chi connectivity index (χ0n) is 17.4. The molecule has 12 nitrogen and oxygen atoms in total. The van der Waals surface area contributed by atoms with E-state index in [1.165, 1.54) is 11.6 Å². The van der Waals surface area contributed by atoms with Crippen molar-refractivity contribution in [1.82, 2.24) is 29.1 Å². The van der Waals surface area contributed by atoms with E-state index in [4.69, 9.17) is 5.73 Å². The number of aromatic amines is 1. The molecule has 0 unspecified atom stereocenters. The number of nitrogens with two attached hydrogens (primary N) is 1. The molecule has 0 aliphatic carbocycles. The molecular formula is C18H25N10O2+. The Morgan fingerprint density at radius 1 is 1.10 bits per heavy atom. The maximum atomic E-state index is 12.4. The number of guanidine groups is 1. The summed E-state index contributed by atoms with van der Waals surface area (Å²) in [5.74, 6) is 1.52. The van der Waals surface area contributed by atoms with Gasteiger partial charge in [0.25, 0.3) is 11.5 Å². The number of H-pyrrole nitrogens is 1. The summed E-state index contributed by atoms with van der Waals surface area (Å²) in [5.41, 5.74) is 7.83. The van der Waals surface area contributed by atoms with Crippen molar-refractivity contribution in [2.24, 2.45) is 19.8 Å². The van der Waals surface area contributed by atoms with Crippen molar-refractivity contribution in [3.05, 3.63) is 38.3 Å². The monoisotopic (exact) mass is 413 g/mol. The lowest BCUT2D eigenvalue weighted by Gasteiger charge is -2.27. The summed E-state index contributed by atoms with van der Waals surface area (Å²) in [6.45, 7) is 6.40. The van der Waals surface area contributed by atoms with E-state index in [9.17, 15) is 9.59 Å². The first-order chi connectivity index (χ1) is 14.2. The molecule has 158 valence electrons. The number of aryl methyl sites for hydroxylation is 3. The summed E-state index contributed by atoms with van der Waals surface area (Å²) in [6.07, 6.45) is 0. The topological polar surface area (TPSA) is 143 Å².